The summed E-state index contributed by atoms with van der Waals surface area (Å²) in [5, 5.41) is 9.23. The zero-order valence-corrected chi connectivity index (χ0v) is 9.07. The third kappa shape index (κ3) is 3.10. The zero-order chi connectivity index (χ0) is 12.1. The standard InChI is InChI=1S/C11H10ClNO3/c12-9-5-1-4-8(11(15)16)7(9)3-2-6-10(13)14/h1-5H,6H2,(H2,13,14)(H,15,16). The lowest BCUT2D eigenvalue weighted by Crippen LogP contribution is -2.08. The van der Waals surface area contributed by atoms with E-state index in [9.17, 15) is 9.59 Å². The van der Waals surface area contributed by atoms with E-state index in [1.807, 2.05) is 0 Å². The average molecular weight is 240 g/mol. The lowest BCUT2D eigenvalue weighted by atomic mass is 10.1. The number of nitrogens with two attached hydrogens (primary N) is 1. The minimum atomic E-state index is -1.07. The van der Waals surface area contributed by atoms with Crippen molar-refractivity contribution in [2.75, 3.05) is 0 Å². The molecule has 3 N–H and O–H groups in total. The molecular formula is C11H10ClNO3. The summed E-state index contributed by atoms with van der Waals surface area (Å²) < 4.78 is 0. The molecule has 0 aliphatic rings. The molecule has 0 atom stereocenters. The fourth-order valence-electron chi connectivity index (χ4n) is 1.19. The molecule has 84 valence electrons. The lowest BCUT2D eigenvalue weighted by Gasteiger charge is -2.02. The van der Waals surface area contributed by atoms with Gasteiger partial charge in [-0.15, -0.1) is 0 Å². The SMILES string of the molecule is NC(=O)CC=Cc1c(Cl)cccc1C(=O)O. The van der Waals surface area contributed by atoms with Gasteiger partial charge in [0.25, 0.3) is 0 Å². The molecule has 0 bridgehead atoms. The van der Waals surface area contributed by atoms with Crippen LogP contribution < -0.4 is 5.73 Å². The number of primary amides is 1. The van der Waals surface area contributed by atoms with Gasteiger partial charge in [-0.1, -0.05) is 29.8 Å². The molecule has 0 radical (unpaired) electrons. The van der Waals surface area contributed by atoms with Crippen LogP contribution >= 0.6 is 11.6 Å². The van der Waals surface area contributed by atoms with E-state index < -0.39 is 11.9 Å². The molecule has 1 amide bonds. The smallest absolute Gasteiger partial charge is 0.336 e. The van der Waals surface area contributed by atoms with Crippen LogP contribution in [-0.2, 0) is 4.79 Å². The van der Waals surface area contributed by atoms with Crippen LogP contribution in [0.2, 0.25) is 5.02 Å². The molecule has 0 aliphatic carbocycles. The molecule has 0 fully saturated rings. The second-order valence-electron chi connectivity index (χ2n) is 3.08. The second kappa shape index (κ2) is 5.32. The maximum Gasteiger partial charge on any atom is 0.336 e. The van der Waals surface area contributed by atoms with Gasteiger partial charge < -0.3 is 10.8 Å². The van der Waals surface area contributed by atoms with Crippen molar-refractivity contribution < 1.29 is 14.7 Å². The monoisotopic (exact) mass is 239 g/mol. The number of halogens is 1. The molecule has 0 aromatic heterocycles. The molecule has 0 heterocycles. The third-order valence-electron chi connectivity index (χ3n) is 1.89. The van der Waals surface area contributed by atoms with Gasteiger partial charge in [0.1, 0.15) is 0 Å². The Morgan fingerprint density at radius 2 is 2.12 bits per heavy atom. The Morgan fingerprint density at radius 3 is 2.69 bits per heavy atom. The quantitative estimate of drug-likeness (QED) is 0.842. The van der Waals surface area contributed by atoms with Gasteiger partial charge in [-0.25, -0.2) is 4.79 Å². The summed E-state index contributed by atoms with van der Waals surface area (Å²) in [6.07, 6.45) is 3.01. The number of hydrogen-bond donors (Lipinski definition) is 2. The third-order valence-corrected chi connectivity index (χ3v) is 2.22. The van der Waals surface area contributed by atoms with Gasteiger partial charge >= 0.3 is 5.97 Å². The molecule has 0 spiro atoms. The van der Waals surface area contributed by atoms with Crippen molar-refractivity contribution in [1.82, 2.24) is 0 Å². The number of amides is 1. The number of carbonyl (C=O) groups excluding carboxylic acids is 1. The van der Waals surface area contributed by atoms with Crippen LogP contribution in [0.25, 0.3) is 6.08 Å². The summed E-state index contributed by atoms with van der Waals surface area (Å²) in [5.74, 6) is -1.55. The minimum Gasteiger partial charge on any atom is -0.478 e. The molecule has 0 saturated heterocycles. The van der Waals surface area contributed by atoms with Crippen LogP contribution in [0.15, 0.2) is 24.3 Å². The normalized spacial score (nSPS) is 10.6. The van der Waals surface area contributed by atoms with E-state index in [1.54, 1.807) is 12.1 Å². The summed E-state index contributed by atoms with van der Waals surface area (Å²) >= 11 is 5.86. The van der Waals surface area contributed by atoms with Crippen LogP contribution in [0.3, 0.4) is 0 Å². The van der Waals surface area contributed by atoms with Gasteiger partial charge in [0.05, 0.1) is 5.56 Å². The molecule has 0 saturated carbocycles. The topological polar surface area (TPSA) is 80.4 Å². The highest BCUT2D eigenvalue weighted by molar-refractivity contribution is 6.32. The summed E-state index contributed by atoms with van der Waals surface area (Å²) in [5.41, 5.74) is 5.42. The van der Waals surface area contributed by atoms with Crippen molar-refractivity contribution in [2.24, 2.45) is 5.73 Å². The number of benzene rings is 1. The number of carboxylic acid groups (broad SMARTS) is 1. The Labute approximate surface area is 97.3 Å². The number of rotatable bonds is 4. The molecule has 0 aliphatic heterocycles. The number of carboxylic acids is 1. The fraction of sp³-hybridized carbons (Fsp3) is 0.0909. The van der Waals surface area contributed by atoms with Crippen molar-refractivity contribution in [3.8, 4) is 0 Å². The largest absolute Gasteiger partial charge is 0.478 e. The van der Waals surface area contributed by atoms with Crippen LogP contribution in [0, 0.1) is 0 Å². The van der Waals surface area contributed by atoms with E-state index in [1.165, 1.54) is 18.2 Å². The predicted octanol–water partition coefficient (Wildman–Crippen LogP) is 1.93. The first-order chi connectivity index (χ1) is 7.52. The van der Waals surface area contributed by atoms with Gasteiger partial charge in [0, 0.05) is 17.0 Å². The van der Waals surface area contributed by atoms with Crippen molar-refractivity contribution >= 4 is 29.6 Å². The highest BCUT2D eigenvalue weighted by Crippen LogP contribution is 2.21. The zero-order valence-electron chi connectivity index (χ0n) is 8.31. The Bertz CT molecular complexity index is 455. The van der Waals surface area contributed by atoms with Gasteiger partial charge in [0.15, 0.2) is 0 Å². The van der Waals surface area contributed by atoms with Gasteiger partial charge in [0.2, 0.25) is 5.91 Å². The maximum atomic E-state index is 10.9. The number of hydrogen-bond acceptors (Lipinski definition) is 2. The molecule has 16 heavy (non-hydrogen) atoms. The van der Waals surface area contributed by atoms with Crippen LogP contribution in [0.1, 0.15) is 22.3 Å². The number of carbonyl (C=O) groups is 2. The van der Waals surface area contributed by atoms with Gasteiger partial charge in [-0.3, -0.25) is 4.79 Å². The van der Waals surface area contributed by atoms with E-state index in [0.717, 1.165) is 0 Å². The lowest BCUT2D eigenvalue weighted by molar-refractivity contribution is -0.117. The molecule has 1 aromatic rings. The van der Waals surface area contributed by atoms with E-state index in [0.29, 0.717) is 10.6 Å². The van der Waals surface area contributed by atoms with Crippen molar-refractivity contribution in [1.29, 1.82) is 0 Å². The predicted molar refractivity (Wildman–Crippen MR) is 61.3 cm³/mol. The molecule has 4 nitrogen and oxygen atoms in total. The van der Waals surface area contributed by atoms with E-state index >= 15 is 0 Å². The first-order valence-electron chi connectivity index (χ1n) is 4.49. The van der Waals surface area contributed by atoms with Crippen molar-refractivity contribution in [3.05, 3.63) is 40.4 Å². The first-order valence-corrected chi connectivity index (χ1v) is 4.87. The van der Waals surface area contributed by atoms with E-state index in [-0.39, 0.29) is 12.0 Å². The van der Waals surface area contributed by atoms with Crippen LogP contribution in [-0.4, -0.2) is 17.0 Å². The number of aromatic carboxylic acids is 1. The van der Waals surface area contributed by atoms with Gasteiger partial charge in [-0.2, -0.15) is 0 Å². The van der Waals surface area contributed by atoms with E-state index in [4.69, 9.17) is 22.4 Å². The first kappa shape index (κ1) is 12.3. The van der Waals surface area contributed by atoms with Crippen LogP contribution in [0.4, 0.5) is 0 Å². The summed E-state index contributed by atoms with van der Waals surface area (Å²) in [7, 11) is 0. The molecule has 1 aromatic carbocycles. The molecule has 0 unspecified atom stereocenters. The average Bonchev–Trinajstić information content (AvgIpc) is 2.19. The molecule has 1 rings (SSSR count). The Kier molecular flexibility index (Phi) is 4.08. The summed E-state index contributed by atoms with van der Waals surface area (Å²) in [6.45, 7) is 0. The Balaban J connectivity index is 3.06. The Hall–Kier alpha value is -1.81. The highest BCUT2D eigenvalue weighted by Gasteiger charge is 2.10. The minimum absolute atomic E-state index is 0.0459. The van der Waals surface area contributed by atoms with Crippen LogP contribution in [0.5, 0.6) is 0 Å². The second-order valence-corrected chi connectivity index (χ2v) is 3.49. The fourth-order valence-corrected chi connectivity index (χ4v) is 1.42. The van der Waals surface area contributed by atoms with Crippen molar-refractivity contribution in [2.45, 2.75) is 6.42 Å². The Morgan fingerprint density at radius 1 is 1.44 bits per heavy atom. The molecular weight excluding hydrogens is 230 g/mol. The van der Waals surface area contributed by atoms with Gasteiger partial charge in [-0.05, 0) is 12.1 Å². The molecule has 5 heteroatoms. The maximum absolute atomic E-state index is 10.9. The van der Waals surface area contributed by atoms with Crippen molar-refractivity contribution in [3.63, 3.8) is 0 Å². The van der Waals surface area contributed by atoms with E-state index in [2.05, 4.69) is 0 Å². The highest BCUT2D eigenvalue weighted by atomic mass is 35.5. The summed E-state index contributed by atoms with van der Waals surface area (Å²) in [4.78, 5) is 21.4. The summed E-state index contributed by atoms with van der Waals surface area (Å²) in [6, 6.07) is 4.58.